The Morgan fingerprint density at radius 1 is 1.56 bits per heavy atom. The van der Waals surface area contributed by atoms with Crippen LogP contribution >= 0.6 is 0 Å². The molecule has 0 amide bonds. The molecule has 0 aliphatic heterocycles. The molecule has 16 heavy (non-hydrogen) atoms. The topological polar surface area (TPSA) is 74.0 Å². The summed E-state index contributed by atoms with van der Waals surface area (Å²) in [5, 5.41) is 15.9. The Hall–Kier alpha value is -2.09. The molecule has 0 spiro atoms. The molecule has 5 nitrogen and oxygen atoms in total. The van der Waals surface area contributed by atoms with E-state index in [4.69, 9.17) is 5.26 Å². The third-order valence-electron chi connectivity index (χ3n) is 2.55. The molecule has 0 radical (unpaired) electrons. The van der Waals surface area contributed by atoms with Gasteiger partial charge in [-0.3, -0.25) is 9.89 Å². The molecule has 0 unspecified atom stereocenters. The van der Waals surface area contributed by atoms with Gasteiger partial charge in [-0.15, -0.1) is 0 Å². The second-order valence-electron chi connectivity index (χ2n) is 4.07. The van der Waals surface area contributed by atoms with Crippen LogP contribution in [0.2, 0.25) is 0 Å². The molecule has 0 aliphatic rings. The second-order valence-corrected chi connectivity index (χ2v) is 4.07. The van der Waals surface area contributed by atoms with Gasteiger partial charge in [-0.2, -0.15) is 10.4 Å². The maximum atomic E-state index is 11.8. The van der Waals surface area contributed by atoms with Crippen molar-refractivity contribution in [1.29, 1.82) is 5.26 Å². The molecule has 2 aromatic heterocycles. The number of hydrogen-bond acceptors (Lipinski definition) is 3. The van der Waals surface area contributed by atoms with E-state index in [1.54, 1.807) is 6.92 Å². The van der Waals surface area contributed by atoms with E-state index < -0.39 is 0 Å². The minimum absolute atomic E-state index is 0.126. The first kappa shape index (κ1) is 10.4. The van der Waals surface area contributed by atoms with Crippen molar-refractivity contribution in [3.05, 3.63) is 33.4 Å². The lowest BCUT2D eigenvalue weighted by Gasteiger charge is -2.03. The minimum atomic E-state index is -0.149. The maximum Gasteiger partial charge on any atom is 0.258 e. The normalized spacial score (nSPS) is 10.9. The average Bonchev–Trinajstić information content (AvgIpc) is 2.62. The van der Waals surface area contributed by atoms with Gasteiger partial charge >= 0.3 is 0 Å². The number of rotatable bonds is 1. The standard InChI is InChI=1S/C11H12N4O/c1-6(2)10-13-14-11-8(5-12)7(3)4-9(16)15(10)11/h4,6,14H,1-3H3. The van der Waals surface area contributed by atoms with Gasteiger partial charge in [0, 0.05) is 12.0 Å². The Bertz CT molecular complexity index is 642. The van der Waals surface area contributed by atoms with Gasteiger partial charge in [0.1, 0.15) is 11.9 Å². The lowest BCUT2D eigenvalue weighted by molar-refractivity contribution is 0.751. The van der Waals surface area contributed by atoms with Crippen LogP contribution in [0, 0.1) is 18.3 Å². The van der Waals surface area contributed by atoms with E-state index in [1.165, 1.54) is 10.5 Å². The van der Waals surface area contributed by atoms with Gasteiger partial charge in [-0.1, -0.05) is 13.8 Å². The molecule has 1 N–H and O–H groups in total. The van der Waals surface area contributed by atoms with Crippen LogP contribution in [0.25, 0.3) is 5.65 Å². The van der Waals surface area contributed by atoms with Crippen LogP contribution in [0.4, 0.5) is 0 Å². The van der Waals surface area contributed by atoms with Gasteiger partial charge in [0.15, 0.2) is 5.65 Å². The molecule has 5 heteroatoms. The molecular weight excluding hydrogens is 204 g/mol. The molecule has 2 heterocycles. The fraction of sp³-hybridized carbons (Fsp3) is 0.364. The summed E-state index contributed by atoms with van der Waals surface area (Å²) < 4.78 is 1.47. The molecule has 2 rings (SSSR count). The van der Waals surface area contributed by atoms with Gasteiger partial charge in [0.25, 0.3) is 5.56 Å². The number of hydrogen-bond donors (Lipinski definition) is 1. The zero-order valence-corrected chi connectivity index (χ0v) is 9.40. The van der Waals surface area contributed by atoms with Gasteiger partial charge in [0.05, 0.1) is 5.56 Å². The number of H-pyrrole nitrogens is 1. The summed E-state index contributed by atoms with van der Waals surface area (Å²) in [6, 6.07) is 3.55. The largest absolute Gasteiger partial charge is 0.269 e. The number of aromatic amines is 1. The van der Waals surface area contributed by atoms with E-state index >= 15 is 0 Å². The van der Waals surface area contributed by atoms with Crippen LogP contribution in [0.15, 0.2) is 10.9 Å². The fourth-order valence-corrected chi connectivity index (χ4v) is 1.75. The molecule has 0 atom stereocenters. The number of nitrogens with zero attached hydrogens (tertiary/aromatic N) is 3. The predicted octanol–water partition coefficient (Wildman–Crippen LogP) is 1.33. The smallest absolute Gasteiger partial charge is 0.258 e. The van der Waals surface area contributed by atoms with Gasteiger partial charge < -0.3 is 0 Å². The van der Waals surface area contributed by atoms with Crippen molar-refractivity contribution in [2.75, 3.05) is 0 Å². The van der Waals surface area contributed by atoms with Crippen molar-refractivity contribution in [3.63, 3.8) is 0 Å². The van der Waals surface area contributed by atoms with Crippen LogP contribution < -0.4 is 5.56 Å². The monoisotopic (exact) mass is 216 g/mol. The molecule has 82 valence electrons. The van der Waals surface area contributed by atoms with E-state index in [0.717, 1.165) is 0 Å². The molecule has 0 fully saturated rings. The highest BCUT2D eigenvalue weighted by Gasteiger charge is 2.15. The Morgan fingerprint density at radius 2 is 2.25 bits per heavy atom. The van der Waals surface area contributed by atoms with Crippen molar-refractivity contribution in [3.8, 4) is 6.07 Å². The number of pyridine rings is 1. The van der Waals surface area contributed by atoms with Crippen LogP contribution in [0.1, 0.15) is 36.7 Å². The Labute approximate surface area is 92.3 Å². The van der Waals surface area contributed by atoms with Gasteiger partial charge in [0.2, 0.25) is 0 Å². The summed E-state index contributed by atoms with van der Waals surface area (Å²) >= 11 is 0. The summed E-state index contributed by atoms with van der Waals surface area (Å²) in [5.74, 6) is 0.775. The lowest BCUT2D eigenvalue weighted by atomic mass is 10.1. The number of aromatic nitrogens is 3. The molecule has 0 bridgehead atoms. The highest BCUT2D eigenvalue weighted by Crippen LogP contribution is 2.15. The van der Waals surface area contributed by atoms with Crippen LogP contribution in [-0.2, 0) is 0 Å². The number of aryl methyl sites for hydroxylation is 1. The molecule has 0 aliphatic carbocycles. The first-order valence-corrected chi connectivity index (χ1v) is 5.07. The summed E-state index contributed by atoms with van der Waals surface area (Å²) in [6.45, 7) is 5.65. The van der Waals surface area contributed by atoms with Crippen molar-refractivity contribution in [1.82, 2.24) is 14.6 Å². The Kier molecular flexibility index (Phi) is 2.27. The lowest BCUT2D eigenvalue weighted by Crippen LogP contribution is -2.16. The predicted molar refractivity (Wildman–Crippen MR) is 59.4 cm³/mol. The number of fused-ring (bicyclic) bond motifs is 1. The minimum Gasteiger partial charge on any atom is -0.269 e. The summed E-state index contributed by atoms with van der Waals surface area (Å²) in [6.07, 6.45) is 0. The van der Waals surface area contributed by atoms with Gasteiger partial charge in [-0.05, 0) is 12.5 Å². The molecular formula is C11H12N4O. The summed E-state index contributed by atoms with van der Waals surface area (Å²) in [7, 11) is 0. The Balaban J connectivity index is 2.97. The summed E-state index contributed by atoms with van der Waals surface area (Å²) in [4.78, 5) is 11.8. The van der Waals surface area contributed by atoms with Crippen molar-refractivity contribution in [2.24, 2.45) is 0 Å². The SMILES string of the molecule is Cc1cc(=O)n2c(C(C)C)n[nH]c2c1C#N. The van der Waals surface area contributed by atoms with E-state index in [9.17, 15) is 4.79 Å². The van der Waals surface area contributed by atoms with Crippen LogP contribution in [0.5, 0.6) is 0 Å². The molecule has 0 saturated carbocycles. The van der Waals surface area contributed by atoms with Crippen molar-refractivity contribution < 1.29 is 0 Å². The highest BCUT2D eigenvalue weighted by molar-refractivity contribution is 5.58. The summed E-state index contributed by atoms with van der Waals surface area (Å²) in [5.41, 5.74) is 1.48. The van der Waals surface area contributed by atoms with Crippen LogP contribution in [0.3, 0.4) is 0 Å². The third kappa shape index (κ3) is 1.31. The maximum absolute atomic E-state index is 11.8. The zero-order chi connectivity index (χ0) is 11.9. The van der Waals surface area contributed by atoms with E-state index in [-0.39, 0.29) is 11.5 Å². The Morgan fingerprint density at radius 3 is 2.81 bits per heavy atom. The van der Waals surface area contributed by atoms with E-state index in [0.29, 0.717) is 22.6 Å². The first-order chi connectivity index (χ1) is 7.56. The number of nitrogens with one attached hydrogen (secondary N) is 1. The average molecular weight is 216 g/mol. The highest BCUT2D eigenvalue weighted by atomic mass is 16.1. The van der Waals surface area contributed by atoms with Crippen molar-refractivity contribution in [2.45, 2.75) is 26.7 Å². The number of nitriles is 1. The molecule has 0 aromatic carbocycles. The van der Waals surface area contributed by atoms with E-state index in [1.807, 2.05) is 13.8 Å². The zero-order valence-electron chi connectivity index (χ0n) is 9.40. The van der Waals surface area contributed by atoms with Crippen LogP contribution in [-0.4, -0.2) is 14.6 Å². The quantitative estimate of drug-likeness (QED) is 0.781. The van der Waals surface area contributed by atoms with E-state index in [2.05, 4.69) is 16.3 Å². The first-order valence-electron chi connectivity index (χ1n) is 5.07. The third-order valence-corrected chi connectivity index (χ3v) is 2.55. The second kappa shape index (κ2) is 3.49. The van der Waals surface area contributed by atoms with Crippen molar-refractivity contribution >= 4 is 5.65 Å². The fourth-order valence-electron chi connectivity index (χ4n) is 1.75. The molecule has 2 aromatic rings. The van der Waals surface area contributed by atoms with Gasteiger partial charge in [-0.25, -0.2) is 4.40 Å². The molecule has 0 saturated heterocycles.